The lowest BCUT2D eigenvalue weighted by Gasteiger charge is -2.10. The van der Waals surface area contributed by atoms with Crippen molar-refractivity contribution in [2.24, 2.45) is 5.92 Å². The third-order valence-electron chi connectivity index (χ3n) is 3.93. The number of nitrogen functional groups attached to an aromatic ring is 1. The van der Waals surface area contributed by atoms with Crippen LogP contribution in [0.1, 0.15) is 32.1 Å². The maximum absolute atomic E-state index is 5.88. The summed E-state index contributed by atoms with van der Waals surface area (Å²) in [6.45, 7) is 0.874. The first-order valence-electron chi connectivity index (χ1n) is 7.05. The number of tetrazole rings is 1. The number of halogens is 1. The first-order chi connectivity index (χ1) is 9.72. The Kier molecular flexibility index (Phi) is 4.00. The Balaban J connectivity index is 1.78. The summed E-state index contributed by atoms with van der Waals surface area (Å²) in [5.74, 6) is 1.62. The van der Waals surface area contributed by atoms with Crippen LogP contribution >= 0.6 is 15.9 Å². The maximum atomic E-state index is 5.88. The van der Waals surface area contributed by atoms with E-state index in [9.17, 15) is 0 Å². The molecule has 1 fully saturated rings. The molecule has 0 unspecified atom stereocenters. The molecule has 0 radical (unpaired) electrons. The van der Waals surface area contributed by atoms with Gasteiger partial charge in [0.25, 0.3) is 0 Å². The fraction of sp³-hybridized carbons (Fsp3) is 0.500. The molecule has 106 valence electrons. The first kappa shape index (κ1) is 13.5. The van der Waals surface area contributed by atoms with Gasteiger partial charge >= 0.3 is 0 Å². The fourth-order valence-electron chi connectivity index (χ4n) is 2.91. The van der Waals surface area contributed by atoms with E-state index in [1.54, 1.807) is 0 Å². The maximum Gasteiger partial charge on any atom is 0.182 e. The summed E-state index contributed by atoms with van der Waals surface area (Å²) in [7, 11) is 0. The van der Waals surface area contributed by atoms with Crippen molar-refractivity contribution >= 4 is 21.6 Å². The Bertz CT molecular complexity index is 569. The van der Waals surface area contributed by atoms with Crippen molar-refractivity contribution < 1.29 is 0 Å². The van der Waals surface area contributed by atoms with Crippen LogP contribution in [-0.2, 0) is 6.54 Å². The van der Waals surface area contributed by atoms with E-state index in [-0.39, 0.29) is 0 Å². The SMILES string of the molecule is Nc1cc(Br)cc(-c2nnnn2CCC2CCCC2)c1. The van der Waals surface area contributed by atoms with Crippen LogP contribution in [0.25, 0.3) is 11.4 Å². The highest BCUT2D eigenvalue weighted by molar-refractivity contribution is 9.10. The number of rotatable bonds is 4. The van der Waals surface area contributed by atoms with Crippen LogP contribution < -0.4 is 5.73 Å². The number of aromatic nitrogens is 4. The number of hydrogen-bond acceptors (Lipinski definition) is 4. The predicted molar refractivity (Wildman–Crippen MR) is 81.9 cm³/mol. The lowest BCUT2D eigenvalue weighted by atomic mass is 10.0. The molecule has 0 atom stereocenters. The highest BCUT2D eigenvalue weighted by atomic mass is 79.9. The predicted octanol–water partition coefficient (Wildman–Crippen LogP) is 3.27. The number of benzene rings is 1. The first-order valence-corrected chi connectivity index (χ1v) is 7.84. The summed E-state index contributed by atoms with van der Waals surface area (Å²) in [6.07, 6.45) is 6.59. The fourth-order valence-corrected chi connectivity index (χ4v) is 3.42. The van der Waals surface area contributed by atoms with Gasteiger partial charge in [0.15, 0.2) is 5.82 Å². The monoisotopic (exact) mass is 335 g/mol. The minimum atomic E-state index is 0.708. The molecule has 1 aliphatic rings. The van der Waals surface area contributed by atoms with Gasteiger partial charge in [-0.15, -0.1) is 5.10 Å². The molecule has 0 bridgehead atoms. The van der Waals surface area contributed by atoms with E-state index in [0.29, 0.717) is 5.69 Å². The average Bonchev–Trinajstić information content (AvgIpc) is 3.06. The molecule has 0 aliphatic heterocycles. The van der Waals surface area contributed by atoms with Gasteiger partial charge in [0.1, 0.15) is 0 Å². The number of aryl methyl sites for hydroxylation is 1. The van der Waals surface area contributed by atoms with Crippen LogP contribution in [0.4, 0.5) is 5.69 Å². The Morgan fingerprint density at radius 3 is 2.80 bits per heavy atom. The van der Waals surface area contributed by atoms with E-state index < -0.39 is 0 Å². The molecule has 0 amide bonds. The second kappa shape index (κ2) is 5.91. The van der Waals surface area contributed by atoms with Crippen molar-refractivity contribution in [3.8, 4) is 11.4 Å². The standard InChI is InChI=1S/C14H18BrN5/c15-12-7-11(8-13(16)9-12)14-17-18-19-20(14)6-5-10-3-1-2-4-10/h7-10H,1-6,16H2. The zero-order chi connectivity index (χ0) is 13.9. The van der Waals surface area contributed by atoms with Gasteiger partial charge in [-0.05, 0) is 41.0 Å². The van der Waals surface area contributed by atoms with Crippen LogP contribution in [0.5, 0.6) is 0 Å². The molecule has 1 heterocycles. The van der Waals surface area contributed by atoms with Crippen molar-refractivity contribution in [3.63, 3.8) is 0 Å². The molecule has 1 aromatic heterocycles. The van der Waals surface area contributed by atoms with Gasteiger partial charge in [-0.2, -0.15) is 0 Å². The number of hydrogen-bond donors (Lipinski definition) is 1. The van der Waals surface area contributed by atoms with Crippen LogP contribution in [-0.4, -0.2) is 20.2 Å². The van der Waals surface area contributed by atoms with Gasteiger partial charge in [-0.25, -0.2) is 4.68 Å². The molecule has 2 N–H and O–H groups in total. The van der Waals surface area contributed by atoms with E-state index in [1.165, 1.54) is 25.7 Å². The minimum absolute atomic E-state index is 0.708. The lowest BCUT2D eigenvalue weighted by molar-refractivity contribution is 0.436. The minimum Gasteiger partial charge on any atom is -0.399 e. The van der Waals surface area contributed by atoms with Crippen LogP contribution in [0.15, 0.2) is 22.7 Å². The van der Waals surface area contributed by atoms with E-state index in [1.807, 2.05) is 22.9 Å². The van der Waals surface area contributed by atoms with Crippen LogP contribution in [0, 0.1) is 5.92 Å². The lowest BCUT2D eigenvalue weighted by Crippen LogP contribution is -2.07. The van der Waals surface area contributed by atoms with Gasteiger partial charge in [-0.3, -0.25) is 0 Å². The molecule has 2 aromatic rings. The summed E-state index contributed by atoms with van der Waals surface area (Å²) < 4.78 is 2.83. The van der Waals surface area contributed by atoms with Gasteiger partial charge < -0.3 is 5.73 Å². The van der Waals surface area contributed by atoms with Crippen molar-refractivity contribution in [1.29, 1.82) is 0 Å². The summed E-state index contributed by atoms with van der Waals surface area (Å²) in [6, 6.07) is 5.77. The Labute approximate surface area is 126 Å². The number of nitrogens with zero attached hydrogens (tertiary/aromatic N) is 4. The molecule has 0 spiro atoms. The molecule has 3 rings (SSSR count). The smallest absolute Gasteiger partial charge is 0.182 e. The van der Waals surface area contributed by atoms with Crippen LogP contribution in [0.3, 0.4) is 0 Å². The summed E-state index contributed by atoms with van der Waals surface area (Å²) in [5.41, 5.74) is 7.54. The average molecular weight is 336 g/mol. The van der Waals surface area contributed by atoms with Crippen LogP contribution in [0.2, 0.25) is 0 Å². The number of nitrogens with two attached hydrogens (primary N) is 1. The summed E-state index contributed by atoms with van der Waals surface area (Å²) >= 11 is 3.46. The highest BCUT2D eigenvalue weighted by Crippen LogP contribution is 2.29. The van der Waals surface area contributed by atoms with Crippen molar-refractivity contribution in [1.82, 2.24) is 20.2 Å². The van der Waals surface area contributed by atoms with E-state index in [2.05, 4.69) is 31.5 Å². The molecule has 1 aromatic carbocycles. The van der Waals surface area contributed by atoms with E-state index in [4.69, 9.17) is 5.73 Å². The third kappa shape index (κ3) is 3.00. The topological polar surface area (TPSA) is 69.6 Å². The van der Waals surface area contributed by atoms with Crippen molar-refractivity contribution in [3.05, 3.63) is 22.7 Å². The quantitative estimate of drug-likeness (QED) is 0.870. The molecule has 5 nitrogen and oxygen atoms in total. The molecular formula is C14H18BrN5. The molecule has 0 saturated heterocycles. The largest absolute Gasteiger partial charge is 0.399 e. The molecular weight excluding hydrogens is 318 g/mol. The number of anilines is 1. The summed E-state index contributed by atoms with van der Waals surface area (Å²) in [4.78, 5) is 0. The normalized spacial score (nSPS) is 15.8. The molecule has 1 aliphatic carbocycles. The Morgan fingerprint density at radius 2 is 2.05 bits per heavy atom. The van der Waals surface area contributed by atoms with Gasteiger partial charge in [0, 0.05) is 22.3 Å². The third-order valence-corrected chi connectivity index (χ3v) is 4.39. The molecule has 6 heteroatoms. The second-order valence-electron chi connectivity index (χ2n) is 5.44. The van der Waals surface area contributed by atoms with E-state index >= 15 is 0 Å². The second-order valence-corrected chi connectivity index (χ2v) is 6.35. The van der Waals surface area contributed by atoms with E-state index in [0.717, 1.165) is 34.7 Å². The van der Waals surface area contributed by atoms with Gasteiger partial charge in [0.05, 0.1) is 0 Å². The van der Waals surface area contributed by atoms with Crippen molar-refractivity contribution in [2.45, 2.75) is 38.6 Å². The molecule has 1 saturated carbocycles. The van der Waals surface area contributed by atoms with Gasteiger partial charge in [0.2, 0.25) is 0 Å². The Hall–Kier alpha value is -1.43. The summed E-state index contributed by atoms with van der Waals surface area (Å²) in [5, 5.41) is 12.1. The highest BCUT2D eigenvalue weighted by Gasteiger charge is 2.16. The zero-order valence-electron chi connectivity index (χ0n) is 11.3. The zero-order valence-corrected chi connectivity index (χ0v) is 12.9. The van der Waals surface area contributed by atoms with Crippen molar-refractivity contribution in [2.75, 3.05) is 5.73 Å². The molecule has 20 heavy (non-hydrogen) atoms. The Morgan fingerprint density at radius 1 is 1.25 bits per heavy atom. The van der Waals surface area contributed by atoms with Gasteiger partial charge in [-0.1, -0.05) is 41.6 Å².